The summed E-state index contributed by atoms with van der Waals surface area (Å²) in [5, 5.41) is 3.23. The Kier molecular flexibility index (Phi) is 4.39. The second-order valence-electron chi connectivity index (χ2n) is 5.52. The largest absolute Gasteiger partial charge is 0.416 e. The van der Waals surface area contributed by atoms with Gasteiger partial charge in [0.05, 0.1) is 17.7 Å². The van der Waals surface area contributed by atoms with Gasteiger partial charge in [-0.1, -0.05) is 18.2 Å². The molecule has 0 fully saturated rings. The van der Waals surface area contributed by atoms with Gasteiger partial charge in [0.25, 0.3) is 0 Å². The molecule has 23 heavy (non-hydrogen) atoms. The number of nitrogens with zero attached hydrogens (tertiary/aromatic N) is 1. The smallest absolute Gasteiger partial charge is 0.302 e. The highest BCUT2D eigenvalue weighted by atomic mass is 32.1. The van der Waals surface area contributed by atoms with E-state index in [1.165, 1.54) is 28.3 Å². The van der Waals surface area contributed by atoms with Crippen molar-refractivity contribution in [2.24, 2.45) is 0 Å². The molecule has 0 spiro atoms. The summed E-state index contributed by atoms with van der Waals surface area (Å²) >= 11 is 1.46. The maximum absolute atomic E-state index is 12.7. The fourth-order valence-corrected chi connectivity index (χ4v) is 3.68. The van der Waals surface area contributed by atoms with Crippen LogP contribution >= 0.6 is 11.3 Å². The number of anilines is 1. The molecule has 1 amide bonds. The third kappa shape index (κ3) is 3.90. The topological polar surface area (TPSA) is 42.0 Å². The molecule has 2 aromatic rings. The van der Waals surface area contributed by atoms with Crippen LogP contribution in [0.5, 0.6) is 0 Å². The molecule has 1 aromatic heterocycles. The molecule has 0 aliphatic heterocycles. The summed E-state index contributed by atoms with van der Waals surface area (Å²) in [6.45, 7) is 0. The third-order valence-electron chi connectivity index (χ3n) is 3.71. The van der Waals surface area contributed by atoms with E-state index in [9.17, 15) is 18.0 Å². The predicted molar refractivity (Wildman–Crippen MR) is 82.5 cm³/mol. The first kappa shape index (κ1) is 16.0. The van der Waals surface area contributed by atoms with E-state index in [1.807, 2.05) is 0 Å². The van der Waals surface area contributed by atoms with Crippen molar-refractivity contribution in [1.29, 1.82) is 0 Å². The molecule has 0 radical (unpaired) electrons. The number of aromatic nitrogens is 1. The van der Waals surface area contributed by atoms with Gasteiger partial charge in [-0.15, -0.1) is 11.3 Å². The molecule has 1 aromatic carbocycles. The number of carbonyl (C=O) groups excluding carboxylic acids is 1. The highest BCUT2D eigenvalue weighted by molar-refractivity contribution is 7.15. The number of amides is 1. The van der Waals surface area contributed by atoms with Crippen LogP contribution in [0.1, 0.15) is 34.5 Å². The van der Waals surface area contributed by atoms with Gasteiger partial charge in [-0.2, -0.15) is 13.2 Å². The van der Waals surface area contributed by atoms with Gasteiger partial charge in [0.1, 0.15) is 0 Å². The molecular weight excluding hydrogens is 325 g/mol. The SMILES string of the molecule is O=C(Cc1cccc(C(F)(F)F)c1)Nc1nc2c(s1)CCCC2. The molecule has 1 aliphatic carbocycles. The second kappa shape index (κ2) is 6.31. The lowest BCUT2D eigenvalue weighted by atomic mass is 10.0. The molecule has 1 heterocycles. The Balaban J connectivity index is 1.66. The number of hydrogen-bond donors (Lipinski definition) is 1. The van der Waals surface area contributed by atoms with E-state index in [1.54, 1.807) is 0 Å². The van der Waals surface area contributed by atoms with Crippen LogP contribution in [0.3, 0.4) is 0 Å². The number of thiazole rings is 1. The van der Waals surface area contributed by atoms with Gasteiger partial charge in [-0.25, -0.2) is 4.98 Å². The molecule has 0 unspecified atom stereocenters. The molecule has 1 aliphatic rings. The van der Waals surface area contributed by atoms with Crippen LogP contribution in [0.15, 0.2) is 24.3 Å². The van der Waals surface area contributed by atoms with Crippen molar-refractivity contribution in [3.63, 3.8) is 0 Å². The Morgan fingerprint density at radius 2 is 2.04 bits per heavy atom. The van der Waals surface area contributed by atoms with Crippen LogP contribution in [0.4, 0.5) is 18.3 Å². The van der Waals surface area contributed by atoms with E-state index in [-0.39, 0.29) is 12.3 Å². The summed E-state index contributed by atoms with van der Waals surface area (Å²) in [6.07, 6.45) is -0.359. The number of alkyl halides is 3. The van der Waals surface area contributed by atoms with Crippen molar-refractivity contribution >= 4 is 22.4 Å². The van der Waals surface area contributed by atoms with E-state index >= 15 is 0 Å². The maximum Gasteiger partial charge on any atom is 0.416 e. The normalized spacial score (nSPS) is 14.4. The van der Waals surface area contributed by atoms with Gasteiger partial charge in [-0.05, 0) is 37.3 Å². The molecule has 0 saturated carbocycles. The zero-order chi connectivity index (χ0) is 16.4. The first-order chi connectivity index (χ1) is 10.9. The van der Waals surface area contributed by atoms with Crippen molar-refractivity contribution in [1.82, 2.24) is 4.98 Å². The average Bonchev–Trinajstić information content (AvgIpc) is 2.88. The van der Waals surface area contributed by atoms with E-state index in [0.717, 1.165) is 43.5 Å². The van der Waals surface area contributed by atoms with E-state index in [0.29, 0.717) is 10.7 Å². The van der Waals surface area contributed by atoms with Crippen LogP contribution in [0.25, 0.3) is 0 Å². The first-order valence-corrected chi connectivity index (χ1v) is 8.18. The summed E-state index contributed by atoms with van der Waals surface area (Å²) in [5.74, 6) is -0.351. The van der Waals surface area contributed by atoms with Crippen molar-refractivity contribution in [2.75, 3.05) is 5.32 Å². The molecule has 3 nitrogen and oxygen atoms in total. The number of aryl methyl sites for hydroxylation is 2. The molecule has 0 atom stereocenters. The number of carbonyl (C=O) groups is 1. The number of halogens is 3. The van der Waals surface area contributed by atoms with Gasteiger partial charge in [-0.3, -0.25) is 4.79 Å². The van der Waals surface area contributed by atoms with Gasteiger partial charge in [0, 0.05) is 4.88 Å². The number of fused-ring (bicyclic) bond motifs is 1. The standard InChI is InChI=1S/C16H15F3N2OS/c17-16(18,19)11-5-3-4-10(8-11)9-14(22)21-15-20-12-6-1-2-7-13(12)23-15/h3-5,8H,1-2,6-7,9H2,(H,20,21,22). The van der Waals surface area contributed by atoms with Gasteiger partial charge >= 0.3 is 6.18 Å². The minimum absolute atomic E-state index is 0.103. The third-order valence-corrected chi connectivity index (χ3v) is 4.78. The number of rotatable bonds is 3. The lowest BCUT2D eigenvalue weighted by molar-refractivity contribution is -0.137. The van der Waals surface area contributed by atoms with Crippen LogP contribution in [-0.4, -0.2) is 10.9 Å². The zero-order valence-electron chi connectivity index (χ0n) is 12.2. The maximum atomic E-state index is 12.7. The summed E-state index contributed by atoms with van der Waals surface area (Å²) in [5.41, 5.74) is 0.627. The minimum Gasteiger partial charge on any atom is -0.302 e. The number of nitrogens with one attached hydrogen (secondary N) is 1. The lowest BCUT2D eigenvalue weighted by Crippen LogP contribution is -2.15. The van der Waals surface area contributed by atoms with Crippen molar-refractivity contribution in [3.05, 3.63) is 46.0 Å². The minimum atomic E-state index is -4.40. The Morgan fingerprint density at radius 3 is 2.78 bits per heavy atom. The van der Waals surface area contributed by atoms with Gasteiger partial charge in [0.15, 0.2) is 5.13 Å². The average molecular weight is 340 g/mol. The quantitative estimate of drug-likeness (QED) is 0.909. The van der Waals surface area contributed by atoms with Crippen LogP contribution in [0.2, 0.25) is 0 Å². The summed E-state index contributed by atoms with van der Waals surface area (Å²) in [6, 6.07) is 4.83. The van der Waals surface area contributed by atoms with Crippen LogP contribution < -0.4 is 5.32 Å². The molecule has 0 bridgehead atoms. The predicted octanol–water partition coefficient (Wildman–Crippen LogP) is 4.22. The Labute approximate surface area is 135 Å². The first-order valence-electron chi connectivity index (χ1n) is 7.36. The highest BCUT2D eigenvalue weighted by Gasteiger charge is 2.30. The lowest BCUT2D eigenvalue weighted by Gasteiger charge is -2.08. The number of benzene rings is 1. The van der Waals surface area contributed by atoms with Crippen LogP contribution in [-0.2, 0) is 30.2 Å². The Morgan fingerprint density at radius 1 is 1.26 bits per heavy atom. The Bertz CT molecular complexity index is 701. The molecule has 7 heteroatoms. The van der Waals surface area contributed by atoms with Crippen molar-refractivity contribution < 1.29 is 18.0 Å². The van der Waals surface area contributed by atoms with Crippen molar-refractivity contribution in [2.45, 2.75) is 38.3 Å². The Hall–Kier alpha value is -1.89. The van der Waals surface area contributed by atoms with E-state index in [4.69, 9.17) is 0 Å². The summed E-state index contributed by atoms with van der Waals surface area (Å²) in [4.78, 5) is 17.6. The zero-order valence-corrected chi connectivity index (χ0v) is 13.1. The fraction of sp³-hybridized carbons (Fsp3) is 0.375. The molecule has 0 saturated heterocycles. The van der Waals surface area contributed by atoms with Crippen molar-refractivity contribution in [3.8, 4) is 0 Å². The molecular formula is C16H15F3N2OS. The van der Waals surface area contributed by atoms with Crippen LogP contribution in [0, 0.1) is 0 Å². The summed E-state index contributed by atoms with van der Waals surface area (Å²) < 4.78 is 38.0. The van der Waals surface area contributed by atoms with Gasteiger partial charge in [0.2, 0.25) is 5.91 Å². The van der Waals surface area contributed by atoms with E-state index in [2.05, 4.69) is 10.3 Å². The number of hydrogen-bond acceptors (Lipinski definition) is 3. The van der Waals surface area contributed by atoms with E-state index < -0.39 is 11.7 Å². The molecule has 1 N–H and O–H groups in total. The van der Waals surface area contributed by atoms with Gasteiger partial charge < -0.3 is 5.32 Å². The monoisotopic (exact) mass is 340 g/mol. The molecule has 3 rings (SSSR count). The summed E-state index contributed by atoms with van der Waals surface area (Å²) in [7, 11) is 0. The highest BCUT2D eigenvalue weighted by Crippen LogP contribution is 2.31. The molecule has 122 valence electrons. The second-order valence-corrected chi connectivity index (χ2v) is 6.60. The fourth-order valence-electron chi connectivity index (χ4n) is 2.61.